The monoisotopic (exact) mass is 517 g/mol. The van der Waals surface area contributed by atoms with E-state index >= 15 is 0 Å². The van der Waals surface area contributed by atoms with Gasteiger partial charge in [-0.3, -0.25) is 9.59 Å². The van der Waals surface area contributed by atoms with Crippen molar-refractivity contribution in [3.05, 3.63) is 71.5 Å². The van der Waals surface area contributed by atoms with Crippen molar-refractivity contribution < 1.29 is 9.59 Å². The molecule has 0 bridgehead atoms. The fourth-order valence-electron chi connectivity index (χ4n) is 5.34. The van der Waals surface area contributed by atoms with Crippen LogP contribution in [-0.4, -0.2) is 38.9 Å². The van der Waals surface area contributed by atoms with E-state index in [9.17, 15) is 9.59 Å². The molecule has 2 fully saturated rings. The van der Waals surface area contributed by atoms with E-state index in [2.05, 4.69) is 27.6 Å². The molecule has 1 aliphatic carbocycles. The first-order chi connectivity index (χ1) is 18.1. The van der Waals surface area contributed by atoms with Gasteiger partial charge in [0.15, 0.2) is 11.0 Å². The van der Waals surface area contributed by atoms with Crippen LogP contribution in [-0.2, 0) is 18.3 Å². The third-order valence-electron chi connectivity index (χ3n) is 7.43. The van der Waals surface area contributed by atoms with Crippen LogP contribution in [0.15, 0.2) is 59.8 Å². The van der Waals surface area contributed by atoms with Crippen LogP contribution in [0.2, 0.25) is 0 Å². The van der Waals surface area contributed by atoms with Crippen molar-refractivity contribution >= 4 is 29.3 Å². The third kappa shape index (κ3) is 6.24. The maximum Gasteiger partial charge on any atom is 0.251 e. The lowest BCUT2D eigenvalue weighted by Gasteiger charge is -2.21. The number of carbonyl (C=O) groups excluding carboxylic acids is 2. The molecule has 1 aromatic heterocycles. The molecular formula is C29H35N5O2S. The molecule has 1 aliphatic heterocycles. The molecule has 5 rings (SSSR count). The largest absolute Gasteiger partial charge is 0.342 e. The summed E-state index contributed by atoms with van der Waals surface area (Å²) in [6, 6.07) is 17.1. The van der Waals surface area contributed by atoms with Crippen molar-refractivity contribution in [1.82, 2.24) is 20.1 Å². The summed E-state index contributed by atoms with van der Waals surface area (Å²) in [5, 5.41) is 13.1. The van der Waals surface area contributed by atoms with Gasteiger partial charge in [0.2, 0.25) is 5.91 Å². The summed E-state index contributed by atoms with van der Waals surface area (Å²) in [6.45, 7) is 0.695. The normalized spacial score (nSPS) is 17.2. The highest BCUT2D eigenvalue weighted by Crippen LogP contribution is 2.30. The zero-order valence-electron chi connectivity index (χ0n) is 21.4. The van der Waals surface area contributed by atoms with Crippen LogP contribution >= 0.6 is 11.8 Å². The Morgan fingerprint density at radius 3 is 2.62 bits per heavy atom. The van der Waals surface area contributed by atoms with Crippen molar-refractivity contribution in [3.63, 3.8) is 0 Å². The zero-order chi connectivity index (χ0) is 25.6. The van der Waals surface area contributed by atoms with E-state index in [-0.39, 0.29) is 17.9 Å². The van der Waals surface area contributed by atoms with E-state index in [0.29, 0.717) is 24.9 Å². The van der Waals surface area contributed by atoms with Crippen molar-refractivity contribution in [2.45, 2.75) is 62.6 Å². The Kier molecular flexibility index (Phi) is 8.24. The van der Waals surface area contributed by atoms with Crippen molar-refractivity contribution in [3.8, 4) is 0 Å². The van der Waals surface area contributed by atoms with Gasteiger partial charge in [0, 0.05) is 37.0 Å². The van der Waals surface area contributed by atoms with Gasteiger partial charge in [-0.25, -0.2) is 0 Å². The van der Waals surface area contributed by atoms with Gasteiger partial charge < -0.3 is 14.8 Å². The van der Waals surface area contributed by atoms with Gasteiger partial charge in [-0.1, -0.05) is 67.4 Å². The third-order valence-corrected chi connectivity index (χ3v) is 8.69. The van der Waals surface area contributed by atoms with E-state index in [0.717, 1.165) is 40.3 Å². The number of hydrogen-bond donors (Lipinski definition) is 1. The van der Waals surface area contributed by atoms with Crippen molar-refractivity contribution in [2.24, 2.45) is 13.0 Å². The Morgan fingerprint density at radius 2 is 1.86 bits per heavy atom. The van der Waals surface area contributed by atoms with Crippen LogP contribution < -0.4 is 10.2 Å². The first kappa shape index (κ1) is 25.5. The number of aromatic nitrogens is 3. The summed E-state index contributed by atoms with van der Waals surface area (Å²) < 4.78 is 2.03. The number of benzene rings is 2. The van der Waals surface area contributed by atoms with Crippen LogP contribution in [0.3, 0.4) is 0 Å². The van der Waals surface area contributed by atoms with E-state index < -0.39 is 0 Å². The second-order valence-corrected chi connectivity index (χ2v) is 11.1. The summed E-state index contributed by atoms with van der Waals surface area (Å²) in [7, 11) is 1.99. The predicted octanol–water partition coefficient (Wildman–Crippen LogP) is 5.33. The molecule has 2 aromatic carbocycles. The van der Waals surface area contributed by atoms with Gasteiger partial charge >= 0.3 is 0 Å². The fourth-order valence-corrected chi connectivity index (χ4v) is 6.44. The summed E-state index contributed by atoms with van der Waals surface area (Å²) in [5.74, 6) is 2.47. The van der Waals surface area contributed by atoms with Crippen LogP contribution in [0.5, 0.6) is 0 Å². The standard InChI is InChI=1S/C29H35N5O2S/c1-33-27(31-32-29(33)37-20-22-12-6-3-7-13-22)25(18-21-10-4-2-5-11-21)30-28(36)23-14-8-15-24(19-23)34-17-9-16-26(34)35/h2,4-5,8,10-11,14-15,19,22,25H,3,6-7,9,12-13,16-18,20H2,1H3,(H,30,36)/t25-/m1/s1. The van der Waals surface area contributed by atoms with Gasteiger partial charge in [-0.15, -0.1) is 10.2 Å². The Balaban J connectivity index is 1.34. The Hall–Kier alpha value is -3.13. The highest BCUT2D eigenvalue weighted by atomic mass is 32.2. The maximum atomic E-state index is 13.4. The van der Waals surface area contributed by atoms with Gasteiger partial charge in [0.1, 0.15) is 0 Å². The van der Waals surface area contributed by atoms with Gasteiger partial charge in [0.25, 0.3) is 5.91 Å². The minimum absolute atomic E-state index is 0.108. The predicted molar refractivity (Wildman–Crippen MR) is 147 cm³/mol. The molecule has 0 unspecified atom stereocenters. The molecule has 0 radical (unpaired) electrons. The van der Waals surface area contributed by atoms with E-state index in [4.69, 9.17) is 0 Å². The van der Waals surface area contributed by atoms with E-state index in [1.165, 1.54) is 32.1 Å². The molecule has 8 heteroatoms. The SMILES string of the molecule is Cn1c(SCC2CCCCC2)nnc1[C@@H](Cc1ccccc1)NC(=O)c1cccc(N2CCCC2=O)c1. The average Bonchev–Trinajstić information content (AvgIpc) is 3.53. The second kappa shape index (κ2) is 11.9. The zero-order valence-corrected chi connectivity index (χ0v) is 22.3. The molecule has 37 heavy (non-hydrogen) atoms. The smallest absolute Gasteiger partial charge is 0.251 e. The molecule has 0 spiro atoms. The van der Waals surface area contributed by atoms with Crippen molar-refractivity contribution in [2.75, 3.05) is 17.2 Å². The summed E-state index contributed by atoms with van der Waals surface area (Å²) in [5.41, 5.74) is 2.42. The molecule has 1 saturated heterocycles. The second-order valence-electron chi connectivity index (χ2n) is 10.1. The lowest BCUT2D eigenvalue weighted by Crippen LogP contribution is -2.32. The molecule has 3 aromatic rings. The van der Waals surface area contributed by atoms with E-state index in [1.54, 1.807) is 28.8 Å². The number of thioether (sulfide) groups is 1. The minimum Gasteiger partial charge on any atom is -0.342 e. The summed E-state index contributed by atoms with van der Waals surface area (Å²) >= 11 is 1.77. The molecule has 1 atom stereocenters. The highest BCUT2D eigenvalue weighted by Gasteiger charge is 2.25. The fraction of sp³-hybridized carbons (Fsp3) is 0.448. The lowest BCUT2D eigenvalue weighted by atomic mass is 9.91. The van der Waals surface area contributed by atoms with Gasteiger partial charge in [-0.2, -0.15) is 0 Å². The molecular weight excluding hydrogens is 482 g/mol. The number of anilines is 1. The number of hydrogen-bond acceptors (Lipinski definition) is 5. The summed E-state index contributed by atoms with van der Waals surface area (Å²) in [4.78, 5) is 27.4. The minimum atomic E-state index is -0.339. The average molecular weight is 518 g/mol. The topological polar surface area (TPSA) is 80.1 Å². The molecule has 2 aliphatic rings. The lowest BCUT2D eigenvalue weighted by molar-refractivity contribution is -0.117. The summed E-state index contributed by atoms with van der Waals surface area (Å²) in [6.07, 6.45) is 8.62. The molecule has 1 saturated carbocycles. The number of amides is 2. The van der Waals surface area contributed by atoms with Crippen LogP contribution in [0.4, 0.5) is 5.69 Å². The van der Waals surface area contributed by atoms with Crippen LogP contribution in [0.25, 0.3) is 0 Å². The molecule has 7 nitrogen and oxygen atoms in total. The van der Waals surface area contributed by atoms with Crippen molar-refractivity contribution in [1.29, 1.82) is 0 Å². The molecule has 194 valence electrons. The molecule has 2 heterocycles. The first-order valence-electron chi connectivity index (χ1n) is 13.4. The number of rotatable bonds is 9. The highest BCUT2D eigenvalue weighted by molar-refractivity contribution is 7.99. The van der Waals surface area contributed by atoms with Crippen LogP contribution in [0.1, 0.15) is 72.7 Å². The number of nitrogens with one attached hydrogen (secondary N) is 1. The number of carbonyl (C=O) groups is 2. The van der Waals surface area contributed by atoms with Crippen LogP contribution in [0, 0.1) is 5.92 Å². The van der Waals surface area contributed by atoms with Gasteiger partial charge in [-0.05, 0) is 55.4 Å². The maximum absolute atomic E-state index is 13.4. The first-order valence-corrected chi connectivity index (χ1v) is 14.3. The van der Waals surface area contributed by atoms with E-state index in [1.807, 2.05) is 41.9 Å². The van der Waals surface area contributed by atoms with Gasteiger partial charge in [0.05, 0.1) is 6.04 Å². The molecule has 2 amide bonds. The number of nitrogens with zero attached hydrogens (tertiary/aromatic N) is 4. The Bertz CT molecular complexity index is 1220. The Labute approximate surface area is 223 Å². The quantitative estimate of drug-likeness (QED) is 0.388. The molecule has 1 N–H and O–H groups in total. The Morgan fingerprint density at radius 1 is 1.05 bits per heavy atom.